The van der Waals surface area contributed by atoms with Gasteiger partial charge in [0, 0.05) is 43.2 Å². The predicted molar refractivity (Wildman–Crippen MR) is 83.5 cm³/mol. The molecule has 1 saturated heterocycles. The molecular weight excluding hydrogens is 302 g/mol. The van der Waals surface area contributed by atoms with E-state index in [0.29, 0.717) is 13.0 Å². The lowest BCUT2D eigenvalue weighted by Crippen LogP contribution is -2.33. The van der Waals surface area contributed by atoms with E-state index in [4.69, 9.17) is 5.14 Å². The van der Waals surface area contributed by atoms with Crippen LogP contribution in [-0.4, -0.2) is 42.5 Å². The summed E-state index contributed by atoms with van der Waals surface area (Å²) in [5, 5.41) is 6.49. The van der Waals surface area contributed by atoms with Crippen molar-refractivity contribution in [3.63, 3.8) is 0 Å². The van der Waals surface area contributed by atoms with Crippen molar-refractivity contribution in [3.8, 4) is 0 Å². The Labute approximate surface area is 129 Å². The van der Waals surface area contributed by atoms with Gasteiger partial charge in [-0.05, 0) is 11.5 Å². The number of nitrogens with zero attached hydrogens (tertiary/aromatic N) is 2. The van der Waals surface area contributed by atoms with Gasteiger partial charge in [-0.15, -0.1) is 0 Å². The molecule has 1 aromatic heterocycles. The zero-order valence-corrected chi connectivity index (χ0v) is 12.8. The third-order valence-corrected chi connectivity index (χ3v) is 5.26. The molecule has 0 radical (unpaired) electrons. The third-order valence-electron chi connectivity index (χ3n) is 4.02. The lowest BCUT2D eigenvalue weighted by Gasteiger charge is -2.16. The van der Waals surface area contributed by atoms with Crippen LogP contribution in [0.3, 0.4) is 0 Å². The van der Waals surface area contributed by atoms with Crippen molar-refractivity contribution < 1.29 is 13.2 Å². The number of primary sulfonamides is 1. The van der Waals surface area contributed by atoms with E-state index in [9.17, 15) is 13.2 Å². The van der Waals surface area contributed by atoms with Crippen LogP contribution in [0.15, 0.2) is 36.5 Å². The summed E-state index contributed by atoms with van der Waals surface area (Å²) >= 11 is 0. The fourth-order valence-corrected chi connectivity index (χ4v) is 3.56. The predicted octanol–water partition coefficient (Wildman–Crippen LogP) is 0.667. The molecule has 0 spiro atoms. The summed E-state index contributed by atoms with van der Waals surface area (Å²) in [7, 11) is -3.66. The van der Waals surface area contributed by atoms with E-state index in [1.54, 1.807) is 11.1 Å². The number of pyridine rings is 1. The van der Waals surface area contributed by atoms with E-state index >= 15 is 0 Å². The van der Waals surface area contributed by atoms with E-state index in [0.717, 1.165) is 16.5 Å². The number of amides is 1. The van der Waals surface area contributed by atoms with Crippen LogP contribution in [0.25, 0.3) is 10.8 Å². The molecule has 6 nitrogen and oxygen atoms in total. The van der Waals surface area contributed by atoms with Crippen molar-refractivity contribution in [1.82, 2.24) is 9.88 Å². The molecule has 7 heteroatoms. The molecule has 0 bridgehead atoms. The normalized spacial score (nSPS) is 19.0. The Balaban J connectivity index is 1.74. The van der Waals surface area contributed by atoms with E-state index in [1.165, 1.54) is 0 Å². The molecule has 2 N–H and O–H groups in total. The topological polar surface area (TPSA) is 93.4 Å². The first-order chi connectivity index (χ1) is 10.4. The SMILES string of the molecule is NS(=O)(=O)C1CC(=O)N(CCc2nccc3ccccc23)C1. The zero-order valence-electron chi connectivity index (χ0n) is 12.0. The number of benzene rings is 1. The van der Waals surface area contributed by atoms with Crippen LogP contribution in [0, 0.1) is 0 Å². The average molecular weight is 319 g/mol. The zero-order chi connectivity index (χ0) is 15.7. The summed E-state index contributed by atoms with van der Waals surface area (Å²) in [6, 6.07) is 9.87. The molecule has 0 aliphatic carbocycles. The smallest absolute Gasteiger partial charge is 0.224 e. The van der Waals surface area contributed by atoms with Crippen LogP contribution >= 0.6 is 0 Å². The fourth-order valence-electron chi connectivity index (χ4n) is 2.79. The van der Waals surface area contributed by atoms with Crippen LogP contribution < -0.4 is 5.14 Å². The largest absolute Gasteiger partial charge is 0.341 e. The van der Waals surface area contributed by atoms with Gasteiger partial charge in [-0.2, -0.15) is 0 Å². The molecule has 1 atom stereocenters. The van der Waals surface area contributed by atoms with Gasteiger partial charge < -0.3 is 4.90 Å². The highest BCUT2D eigenvalue weighted by Crippen LogP contribution is 2.20. The second kappa shape index (κ2) is 5.66. The Morgan fingerprint density at radius 3 is 2.77 bits per heavy atom. The van der Waals surface area contributed by atoms with Gasteiger partial charge >= 0.3 is 0 Å². The number of likely N-dealkylation sites (tertiary alicyclic amines) is 1. The molecule has 2 aromatic rings. The Hall–Kier alpha value is -1.99. The van der Waals surface area contributed by atoms with Crippen LogP contribution in [0.4, 0.5) is 0 Å². The number of nitrogens with two attached hydrogens (primary N) is 1. The minimum Gasteiger partial charge on any atom is -0.341 e. The minimum atomic E-state index is -3.66. The molecule has 1 aromatic carbocycles. The van der Waals surface area contributed by atoms with Crippen molar-refractivity contribution in [3.05, 3.63) is 42.2 Å². The molecule has 3 rings (SSSR count). The molecule has 1 aliphatic heterocycles. The van der Waals surface area contributed by atoms with Gasteiger partial charge in [-0.3, -0.25) is 9.78 Å². The average Bonchev–Trinajstić information content (AvgIpc) is 2.86. The van der Waals surface area contributed by atoms with Gasteiger partial charge in [0.2, 0.25) is 15.9 Å². The van der Waals surface area contributed by atoms with Crippen molar-refractivity contribution >= 4 is 26.7 Å². The van der Waals surface area contributed by atoms with Crippen LogP contribution in [-0.2, 0) is 21.2 Å². The molecule has 116 valence electrons. The molecular formula is C15H17N3O3S. The van der Waals surface area contributed by atoms with Gasteiger partial charge in [0.05, 0.1) is 0 Å². The third kappa shape index (κ3) is 2.95. The second-order valence-corrected chi connectivity index (χ2v) is 7.33. The minimum absolute atomic E-state index is 0.0260. The highest BCUT2D eigenvalue weighted by atomic mass is 32.2. The van der Waals surface area contributed by atoms with E-state index in [2.05, 4.69) is 4.98 Å². The highest BCUT2D eigenvalue weighted by molar-refractivity contribution is 7.89. The molecule has 22 heavy (non-hydrogen) atoms. The van der Waals surface area contributed by atoms with Gasteiger partial charge in [0.1, 0.15) is 5.25 Å². The summed E-state index contributed by atoms with van der Waals surface area (Å²) in [6.45, 7) is 0.619. The maximum atomic E-state index is 11.9. The Morgan fingerprint density at radius 2 is 2.05 bits per heavy atom. The number of hydrogen-bond donors (Lipinski definition) is 1. The lowest BCUT2D eigenvalue weighted by atomic mass is 10.1. The van der Waals surface area contributed by atoms with Crippen molar-refractivity contribution in [1.29, 1.82) is 0 Å². The van der Waals surface area contributed by atoms with Gasteiger partial charge in [0.15, 0.2) is 0 Å². The molecule has 0 saturated carbocycles. The van der Waals surface area contributed by atoms with Crippen LogP contribution in [0.2, 0.25) is 0 Å². The quantitative estimate of drug-likeness (QED) is 0.896. The first kappa shape index (κ1) is 14.9. The summed E-state index contributed by atoms with van der Waals surface area (Å²) in [5.74, 6) is -0.167. The Bertz CT molecular complexity index is 814. The molecule has 1 amide bonds. The number of hydrogen-bond acceptors (Lipinski definition) is 4. The van der Waals surface area contributed by atoms with E-state index in [1.807, 2.05) is 30.3 Å². The lowest BCUT2D eigenvalue weighted by molar-refractivity contribution is -0.127. The number of fused-ring (bicyclic) bond motifs is 1. The Morgan fingerprint density at radius 1 is 1.27 bits per heavy atom. The number of carbonyl (C=O) groups excluding carboxylic acids is 1. The molecule has 1 unspecified atom stereocenters. The van der Waals surface area contributed by atoms with Crippen molar-refractivity contribution in [2.24, 2.45) is 5.14 Å². The number of sulfonamides is 1. The summed E-state index contributed by atoms with van der Waals surface area (Å²) in [4.78, 5) is 17.8. The van der Waals surface area contributed by atoms with Gasteiger partial charge in [0.25, 0.3) is 0 Å². The molecule has 2 heterocycles. The van der Waals surface area contributed by atoms with Gasteiger partial charge in [-0.25, -0.2) is 13.6 Å². The van der Waals surface area contributed by atoms with Gasteiger partial charge in [-0.1, -0.05) is 24.3 Å². The molecule has 1 fully saturated rings. The van der Waals surface area contributed by atoms with Crippen LogP contribution in [0.5, 0.6) is 0 Å². The summed E-state index contributed by atoms with van der Waals surface area (Å²) in [6.07, 6.45) is 2.31. The van der Waals surface area contributed by atoms with E-state index in [-0.39, 0.29) is 18.9 Å². The monoisotopic (exact) mass is 319 g/mol. The van der Waals surface area contributed by atoms with E-state index < -0.39 is 15.3 Å². The number of rotatable bonds is 4. The maximum Gasteiger partial charge on any atom is 0.224 e. The molecule has 1 aliphatic rings. The second-order valence-electron chi connectivity index (χ2n) is 5.48. The number of carbonyl (C=O) groups is 1. The summed E-state index contributed by atoms with van der Waals surface area (Å²) < 4.78 is 22.7. The fraction of sp³-hybridized carbons (Fsp3) is 0.333. The standard InChI is InChI=1S/C15H17N3O3S/c16-22(20,21)12-9-15(19)18(10-12)8-6-14-13-4-2-1-3-11(13)5-7-17-14/h1-5,7,12H,6,8-10H2,(H2,16,20,21). The highest BCUT2D eigenvalue weighted by Gasteiger charge is 2.36. The number of aromatic nitrogens is 1. The van der Waals surface area contributed by atoms with Crippen LogP contribution in [0.1, 0.15) is 12.1 Å². The Kier molecular flexibility index (Phi) is 3.84. The van der Waals surface area contributed by atoms with Crippen molar-refractivity contribution in [2.75, 3.05) is 13.1 Å². The summed E-state index contributed by atoms with van der Waals surface area (Å²) in [5.41, 5.74) is 0.907. The van der Waals surface area contributed by atoms with Crippen molar-refractivity contribution in [2.45, 2.75) is 18.1 Å². The first-order valence-electron chi connectivity index (χ1n) is 7.07. The first-order valence-corrected chi connectivity index (χ1v) is 8.68. The maximum absolute atomic E-state index is 11.9.